The fourth-order valence-electron chi connectivity index (χ4n) is 2.13. The molecule has 0 aliphatic rings. The number of hydrogen-bond donors (Lipinski definition) is 0. The van der Waals surface area contributed by atoms with Crippen molar-refractivity contribution in [2.45, 2.75) is 6.92 Å². The summed E-state index contributed by atoms with van der Waals surface area (Å²) < 4.78 is 0. The molecule has 0 amide bonds. The molecule has 18 heavy (non-hydrogen) atoms. The van der Waals surface area contributed by atoms with Crippen LogP contribution in [0.2, 0.25) is 5.15 Å². The van der Waals surface area contributed by atoms with Crippen molar-refractivity contribution in [3.05, 3.63) is 59.5 Å². The molecule has 3 rings (SSSR count). The standard InChI is InChI=1S/C15H11ClN2/c1-10-14(17-9-18-15(10)16)13-8-4-6-11-5-2-3-7-12(11)13/h2-9H,1H3. The quantitative estimate of drug-likeness (QED) is 0.607. The number of benzene rings is 2. The van der Waals surface area contributed by atoms with Crippen molar-refractivity contribution in [2.24, 2.45) is 0 Å². The van der Waals surface area contributed by atoms with Crippen molar-refractivity contribution < 1.29 is 0 Å². The Bertz CT molecular complexity index is 717. The normalized spacial score (nSPS) is 10.8. The zero-order valence-electron chi connectivity index (χ0n) is 9.89. The predicted molar refractivity (Wildman–Crippen MR) is 74.7 cm³/mol. The average molecular weight is 255 g/mol. The molecule has 0 aliphatic heterocycles. The van der Waals surface area contributed by atoms with Gasteiger partial charge in [0.05, 0.1) is 5.69 Å². The number of halogens is 1. The van der Waals surface area contributed by atoms with Crippen LogP contribution in [0.5, 0.6) is 0 Å². The van der Waals surface area contributed by atoms with Gasteiger partial charge in [0, 0.05) is 11.1 Å². The lowest BCUT2D eigenvalue weighted by Crippen LogP contribution is -1.92. The van der Waals surface area contributed by atoms with Gasteiger partial charge in [0.15, 0.2) is 0 Å². The second-order valence-electron chi connectivity index (χ2n) is 4.16. The summed E-state index contributed by atoms with van der Waals surface area (Å²) in [6.45, 7) is 1.94. The highest BCUT2D eigenvalue weighted by Gasteiger charge is 2.10. The molecule has 0 saturated carbocycles. The van der Waals surface area contributed by atoms with Gasteiger partial charge in [0.25, 0.3) is 0 Å². The molecule has 0 spiro atoms. The molecule has 0 atom stereocenters. The molecule has 0 radical (unpaired) electrons. The summed E-state index contributed by atoms with van der Waals surface area (Å²) in [5.74, 6) is 0. The summed E-state index contributed by atoms with van der Waals surface area (Å²) in [6, 6.07) is 14.4. The molecule has 0 N–H and O–H groups in total. The van der Waals surface area contributed by atoms with E-state index in [4.69, 9.17) is 11.6 Å². The average Bonchev–Trinajstić information content (AvgIpc) is 2.41. The summed E-state index contributed by atoms with van der Waals surface area (Å²) in [6.07, 6.45) is 1.51. The first-order chi connectivity index (χ1) is 8.77. The van der Waals surface area contributed by atoms with E-state index < -0.39 is 0 Å². The lowest BCUT2D eigenvalue weighted by atomic mass is 10.00. The van der Waals surface area contributed by atoms with Crippen LogP contribution in [0, 0.1) is 6.92 Å². The topological polar surface area (TPSA) is 25.8 Å². The zero-order chi connectivity index (χ0) is 12.5. The van der Waals surface area contributed by atoms with Crippen molar-refractivity contribution in [2.75, 3.05) is 0 Å². The number of rotatable bonds is 1. The van der Waals surface area contributed by atoms with Gasteiger partial charge in [-0.3, -0.25) is 0 Å². The minimum atomic E-state index is 0.507. The first-order valence-electron chi connectivity index (χ1n) is 5.72. The molecule has 88 valence electrons. The monoisotopic (exact) mass is 254 g/mol. The van der Waals surface area contributed by atoms with Crippen LogP contribution >= 0.6 is 11.6 Å². The Morgan fingerprint density at radius 3 is 2.61 bits per heavy atom. The maximum atomic E-state index is 6.06. The molecule has 0 aliphatic carbocycles. The van der Waals surface area contributed by atoms with Crippen LogP contribution in [-0.2, 0) is 0 Å². The van der Waals surface area contributed by atoms with Gasteiger partial charge < -0.3 is 0 Å². The van der Waals surface area contributed by atoms with Crippen molar-refractivity contribution in [1.29, 1.82) is 0 Å². The number of aromatic nitrogens is 2. The van der Waals surface area contributed by atoms with Gasteiger partial charge in [-0.2, -0.15) is 0 Å². The summed E-state index contributed by atoms with van der Waals surface area (Å²) in [5.41, 5.74) is 2.90. The molecular weight excluding hydrogens is 244 g/mol. The molecule has 0 unspecified atom stereocenters. The molecular formula is C15H11ClN2. The molecule has 0 saturated heterocycles. The Labute approximate surface area is 110 Å². The van der Waals surface area contributed by atoms with Gasteiger partial charge in [-0.15, -0.1) is 0 Å². The van der Waals surface area contributed by atoms with Gasteiger partial charge >= 0.3 is 0 Å². The fraction of sp³-hybridized carbons (Fsp3) is 0.0667. The van der Waals surface area contributed by atoms with Crippen LogP contribution in [-0.4, -0.2) is 9.97 Å². The maximum Gasteiger partial charge on any atom is 0.135 e. The summed E-state index contributed by atoms with van der Waals surface area (Å²) in [5, 5.41) is 2.88. The SMILES string of the molecule is Cc1c(Cl)ncnc1-c1cccc2ccccc12. The third-order valence-electron chi connectivity index (χ3n) is 3.07. The Kier molecular flexibility index (Phi) is 2.73. The van der Waals surface area contributed by atoms with Gasteiger partial charge in [0.1, 0.15) is 11.5 Å². The molecule has 0 fully saturated rings. The maximum absolute atomic E-state index is 6.06. The molecule has 3 heteroatoms. The van der Waals surface area contributed by atoms with Crippen molar-refractivity contribution in [1.82, 2.24) is 9.97 Å². The summed E-state index contributed by atoms with van der Waals surface area (Å²) in [4.78, 5) is 8.36. The van der Waals surface area contributed by atoms with Crippen molar-refractivity contribution in [3.63, 3.8) is 0 Å². The van der Waals surface area contributed by atoms with Crippen LogP contribution in [0.4, 0.5) is 0 Å². The highest BCUT2D eigenvalue weighted by atomic mass is 35.5. The van der Waals surface area contributed by atoms with E-state index in [1.54, 1.807) is 0 Å². The second kappa shape index (κ2) is 4.39. The van der Waals surface area contributed by atoms with E-state index in [-0.39, 0.29) is 0 Å². The van der Waals surface area contributed by atoms with Gasteiger partial charge in [0.2, 0.25) is 0 Å². The lowest BCUT2D eigenvalue weighted by Gasteiger charge is -2.09. The zero-order valence-corrected chi connectivity index (χ0v) is 10.6. The number of fused-ring (bicyclic) bond motifs is 1. The third kappa shape index (κ3) is 1.75. The minimum Gasteiger partial charge on any atom is -0.236 e. The highest BCUT2D eigenvalue weighted by molar-refractivity contribution is 6.30. The summed E-state index contributed by atoms with van der Waals surface area (Å²) in [7, 11) is 0. The lowest BCUT2D eigenvalue weighted by molar-refractivity contribution is 1.14. The first-order valence-corrected chi connectivity index (χ1v) is 6.10. The molecule has 0 bridgehead atoms. The van der Waals surface area contributed by atoms with Crippen molar-refractivity contribution >= 4 is 22.4 Å². The van der Waals surface area contributed by atoms with Gasteiger partial charge in [-0.1, -0.05) is 54.1 Å². The Morgan fingerprint density at radius 2 is 1.72 bits per heavy atom. The largest absolute Gasteiger partial charge is 0.236 e. The fourth-order valence-corrected chi connectivity index (χ4v) is 2.27. The third-order valence-corrected chi connectivity index (χ3v) is 3.45. The second-order valence-corrected chi connectivity index (χ2v) is 4.52. The molecule has 1 aromatic heterocycles. The van der Waals surface area contributed by atoms with E-state index in [1.165, 1.54) is 17.1 Å². The van der Waals surface area contributed by atoms with Crippen LogP contribution < -0.4 is 0 Å². The highest BCUT2D eigenvalue weighted by Crippen LogP contribution is 2.30. The Morgan fingerprint density at radius 1 is 0.944 bits per heavy atom. The van der Waals surface area contributed by atoms with Crippen LogP contribution in [0.1, 0.15) is 5.56 Å². The van der Waals surface area contributed by atoms with E-state index in [9.17, 15) is 0 Å². The minimum absolute atomic E-state index is 0.507. The van der Waals surface area contributed by atoms with Crippen molar-refractivity contribution in [3.8, 4) is 11.3 Å². The van der Waals surface area contributed by atoms with E-state index in [1.807, 2.05) is 25.1 Å². The van der Waals surface area contributed by atoms with Gasteiger partial charge in [-0.05, 0) is 17.7 Å². The molecule has 1 heterocycles. The Balaban J connectivity index is 2.35. The van der Waals surface area contributed by atoms with Gasteiger partial charge in [-0.25, -0.2) is 9.97 Å². The smallest absolute Gasteiger partial charge is 0.135 e. The molecule has 2 aromatic carbocycles. The van der Waals surface area contributed by atoms with E-state index >= 15 is 0 Å². The van der Waals surface area contributed by atoms with E-state index in [0.717, 1.165) is 16.8 Å². The number of nitrogens with zero attached hydrogens (tertiary/aromatic N) is 2. The Hall–Kier alpha value is -1.93. The first kappa shape index (κ1) is 11.2. The van der Waals surface area contributed by atoms with Crippen LogP contribution in [0.25, 0.3) is 22.0 Å². The number of hydrogen-bond acceptors (Lipinski definition) is 2. The van der Waals surface area contributed by atoms with Crippen LogP contribution in [0.3, 0.4) is 0 Å². The van der Waals surface area contributed by atoms with Crippen LogP contribution in [0.15, 0.2) is 48.8 Å². The van der Waals surface area contributed by atoms with E-state index in [0.29, 0.717) is 5.15 Å². The molecule has 3 aromatic rings. The van der Waals surface area contributed by atoms with E-state index in [2.05, 4.69) is 34.2 Å². The summed E-state index contributed by atoms with van der Waals surface area (Å²) >= 11 is 6.06. The predicted octanol–water partition coefficient (Wildman–Crippen LogP) is 4.26. The molecule has 2 nitrogen and oxygen atoms in total.